The molecular formula is C9H6ClNO4. The van der Waals surface area contributed by atoms with Crippen molar-refractivity contribution in [1.82, 2.24) is 0 Å². The van der Waals surface area contributed by atoms with Gasteiger partial charge in [-0.1, -0.05) is 0 Å². The Bertz CT molecular complexity index is 456. The van der Waals surface area contributed by atoms with Gasteiger partial charge in [0.2, 0.25) is 0 Å². The Morgan fingerprint density at radius 2 is 2.13 bits per heavy atom. The molecule has 0 fully saturated rings. The molecular weight excluding hydrogens is 222 g/mol. The summed E-state index contributed by atoms with van der Waals surface area (Å²) >= 11 is 5.22. The van der Waals surface area contributed by atoms with E-state index in [1.165, 1.54) is 13.0 Å². The average molecular weight is 228 g/mol. The van der Waals surface area contributed by atoms with Gasteiger partial charge in [0.1, 0.15) is 11.8 Å². The number of halogens is 1. The zero-order valence-corrected chi connectivity index (χ0v) is 8.45. The molecule has 1 aromatic rings. The molecule has 0 N–H and O–H groups in total. The van der Waals surface area contributed by atoms with Gasteiger partial charge in [-0.15, -0.1) is 0 Å². The van der Waals surface area contributed by atoms with E-state index in [4.69, 9.17) is 11.6 Å². The van der Waals surface area contributed by atoms with Crippen molar-refractivity contribution in [2.24, 2.45) is 0 Å². The normalized spacial score (nSPS) is 9.73. The van der Waals surface area contributed by atoms with E-state index in [-0.39, 0.29) is 11.1 Å². The lowest BCUT2D eigenvalue weighted by Gasteiger charge is -2.02. The summed E-state index contributed by atoms with van der Waals surface area (Å²) in [5.74, 6) is 0. The minimum Gasteiger partial charge on any atom is -0.298 e. The first-order valence-electron chi connectivity index (χ1n) is 3.91. The van der Waals surface area contributed by atoms with E-state index in [9.17, 15) is 19.7 Å². The third-order valence-electron chi connectivity index (χ3n) is 1.87. The summed E-state index contributed by atoms with van der Waals surface area (Å²) in [6.45, 7) is 1.48. The van der Waals surface area contributed by atoms with E-state index in [0.29, 0.717) is 11.8 Å². The molecule has 0 atom stereocenters. The number of nitro benzene ring substituents is 1. The van der Waals surface area contributed by atoms with Crippen LogP contribution >= 0.6 is 11.6 Å². The first-order valence-corrected chi connectivity index (χ1v) is 4.29. The van der Waals surface area contributed by atoms with Gasteiger partial charge in [0.05, 0.1) is 4.92 Å². The molecule has 0 aromatic heterocycles. The van der Waals surface area contributed by atoms with Crippen molar-refractivity contribution in [2.75, 3.05) is 0 Å². The van der Waals surface area contributed by atoms with Crippen LogP contribution < -0.4 is 0 Å². The molecule has 0 saturated carbocycles. The summed E-state index contributed by atoms with van der Waals surface area (Å²) in [5, 5.41) is 9.72. The highest BCUT2D eigenvalue weighted by Gasteiger charge is 2.22. The minimum atomic E-state index is -0.906. The van der Waals surface area contributed by atoms with Crippen LogP contribution in [0.2, 0.25) is 0 Å². The highest BCUT2D eigenvalue weighted by Crippen LogP contribution is 2.25. The Labute approximate surface area is 89.8 Å². The Morgan fingerprint density at radius 1 is 1.53 bits per heavy atom. The Kier molecular flexibility index (Phi) is 3.16. The third-order valence-corrected chi connectivity index (χ3v) is 2.06. The van der Waals surface area contributed by atoms with E-state index >= 15 is 0 Å². The SMILES string of the molecule is Cc1cc(C=O)cc([N+](=O)[O-])c1C(=O)Cl. The van der Waals surface area contributed by atoms with Gasteiger partial charge in [0.15, 0.2) is 0 Å². The minimum absolute atomic E-state index is 0.140. The summed E-state index contributed by atoms with van der Waals surface area (Å²) in [7, 11) is 0. The van der Waals surface area contributed by atoms with Crippen LogP contribution in [0.5, 0.6) is 0 Å². The van der Waals surface area contributed by atoms with E-state index in [1.807, 2.05) is 0 Å². The number of aldehydes is 1. The van der Waals surface area contributed by atoms with Crippen LogP contribution in [0.3, 0.4) is 0 Å². The number of rotatable bonds is 3. The highest BCUT2D eigenvalue weighted by molar-refractivity contribution is 6.68. The zero-order chi connectivity index (χ0) is 11.6. The molecule has 0 spiro atoms. The van der Waals surface area contributed by atoms with Gasteiger partial charge in [0.25, 0.3) is 10.9 Å². The van der Waals surface area contributed by atoms with Crippen LogP contribution in [0.15, 0.2) is 12.1 Å². The fraction of sp³-hybridized carbons (Fsp3) is 0.111. The van der Waals surface area contributed by atoms with Gasteiger partial charge in [-0.25, -0.2) is 0 Å². The largest absolute Gasteiger partial charge is 0.298 e. The van der Waals surface area contributed by atoms with Crippen molar-refractivity contribution in [3.05, 3.63) is 38.9 Å². The first-order chi connectivity index (χ1) is 6.97. The number of nitro groups is 1. The molecule has 0 heterocycles. The lowest BCUT2D eigenvalue weighted by Crippen LogP contribution is -2.02. The first kappa shape index (κ1) is 11.3. The monoisotopic (exact) mass is 227 g/mol. The van der Waals surface area contributed by atoms with Crippen molar-refractivity contribution in [2.45, 2.75) is 6.92 Å². The fourth-order valence-corrected chi connectivity index (χ4v) is 1.51. The van der Waals surface area contributed by atoms with Crippen LogP contribution in [0.1, 0.15) is 26.3 Å². The summed E-state index contributed by atoms with van der Waals surface area (Å²) in [6.07, 6.45) is 0.475. The summed E-state index contributed by atoms with van der Waals surface area (Å²) in [6, 6.07) is 2.39. The van der Waals surface area contributed by atoms with E-state index < -0.39 is 15.9 Å². The smallest absolute Gasteiger partial charge is 0.282 e. The van der Waals surface area contributed by atoms with Crippen LogP contribution in [-0.2, 0) is 0 Å². The number of carbonyl (C=O) groups excluding carboxylic acids is 2. The van der Waals surface area contributed by atoms with Crippen LogP contribution in [-0.4, -0.2) is 16.5 Å². The van der Waals surface area contributed by atoms with E-state index in [0.717, 1.165) is 6.07 Å². The van der Waals surface area contributed by atoms with Crippen molar-refractivity contribution in [1.29, 1.82) is 0 Å². The summed E-state index contributed by atoms with van der Waals surface area (Å²) < 4.78 is 0. The van der Waals surface area contributed by atoms with Crippen molar-refractivity contribution in [3.8, 4) is 0 Å². The standard InChI is InChI=1S/C9H6ClNO4/c1-5-2-6(4-12)3-7(11(14)15)8(5)9(10)13/h2-4H,1H3. The van der Waals surface area contributed by atoms with Gasteiger partial charge in [-0.05, 0) is 30.2 Å². The maximum Gasteiger partial charge on any atom is 0.282 e. The second-order valence-corrected chi connectivity index (χ2v) is 3.22. The quantitative estimate of drug-likeness (QED) is 0.343. The predicted octanol–water partition coefficient (Wildman–Crippen LogP) is 2.09. The average Bonchev–Trinajstić information content (AvgIpc) is 2.15. The third kappa shape index (κ3) is 2.19. The number of carbonyl (C=O) groups is 2. The molecule has 0 aliphatic rings. The number of nitrogens with zero attached hydrogens (tertiary/aromatic N) is 1. The van der Waals surface area contributed by atoms with Gasteiger partial charge in [0, 0.05) is 11.6 Å². The van der Waals surface area contributed by atoms with Crippen LogP contribution in [0, 0.1) is 17.0 Å². The molecule has 0 saturated heterocycles. The molecule has 0 bridgehead atoms. The molecule has 0 amide bonds. The Morgan fingerprint density at radius 3 is 2.53 bits per heavy atom. The van der Waals surface area contributed by atoms with Gasteiger partial charge in [-0.2, -0.15) is 0 Å². The van der Waals surface area contributed by atoms with Crippen molar-refractivity contribution in [3.63, 3.8) is 0 Å². The molecule has 78 valence electrons. The molecule has 0 aliphatic heterocycles. The van der Waals surface area contributed by atoms with Crippen LogP contribution in [0.4, 0.5) is 5.69 Å². The number of aryl methyl sites for hydroxylation is 1. The molecule has 1 rings (SSSR count). The van der Waals surface area contributed by atoms with Crippen molar-refractivity contribution >= 4 is 28.8 Å². The second kappa shape index (κ2) is 4.18. The van der Waals surface area contributed by atoms with E-state index in [2.05, 4.69) is 0 Å². The molecule has 6 heteroatoms. The number of benzene rings is 1. The zero-order valence-electron chi connectivity index (χ0n) is 7.69. The second-order valence-electron chi connectivity index (χ2n) is 2.88. The Balaban J connectivity index is 3.56. The molecule has 0 aliphatic carbocycles. The lowest BCUT2D eigenvalue weighted by molar-refractivity contribution is -0.385. The van der Waals surface area contributed by atoms with Gasteiger partial charge >= 0.3 is 0 Å². The van der Waals surface area contributed by atoms with Crippen molar-refractivity contribution < 1.29 is 14.5 Å². The summed E-state index contributed by atoms with van der Waals surface area (Å²) in [4.78, 5) is 31.3. The topological polar surface area (TPSA) is 77.3 Å². The fourth-order valence-electron chi connectivity index (χ4n) is 1.26. The number of hydrogen-bond acceptors (Lipinski definition) is 4. The highest BCUT2D eigenvalue weighted by atomic mass is 35.5. The number of hydrogen-bond donors (Lipinski definition) is 0. The predicted molar refractivity (Wildman–Crippen MR) is 53.4 cm³/mol. The lowest BCUT2D eigenvalue weighted by atomic mass is 10.0. The molecule has 15 heavy (non-hydrogen) atoms. The Hall–Kier alpha value is -1.75. The van der Waals surface area contributed by atoms with E-state index in [1.54, 1.807) is 0 Å². The van der Waals surface area contributed by atoms with Gasteiger partial charge in [-0.3, -0.25) is 19.7 Å². The van der Waals surface area contributed by atoms with Gasteiger partial charge < -0.3 is 0 Å². The molecule has 5 nitrogen and oxygen atoms in total. The molecule has 0 unspecified atom stereocenters. The van der Waals surface area contributed by atoms with Crippen LogP contribution in [0.25, 0.3) is 0 Å². The maximum atomic E-state index is 11.0. The molecule has 1 aromatic carbocycles. The molecule has 0 radical (unpaired) electrons. The maximum absolute atomic E-state index is 11.0. The summed E-state index contributed by atoms with van der Waals surface area (Å²) in [5.41, 5.74) is -0.170.